The predicted molar refractivity (Wildman–Crippen MR) is 90.1 cm³/mol. The first kappa shape index (κ1) is 16.7. The summed E-state index contributed by atoms with van der Waals surface area (Å²) in [5.41, 5.74) is 1.61. The van der Waals surface area contributed by atoms with Gasteiger partial charge in [0, 0.05) is 12.2 Å². The topological polar surface area (TPSA) is 92.5 Å². The summed E-state index contributed by atoms with van der Waals surface area (Å²) in [6.45, 7) is 2.65. The van der Waals surface area contributed by atoms with Crippen molar-refractivity contribution in [2.75, 3.05) is 38.7 Å². The minimum Gasteiger partial charge on any atom is -0.480 e. The van der Waals surface area contributed by atoms with Crippen LogP contribution in [0.1, 0.15) is 12.8 Å². The first-order chi connectivity index (χ1) is 11.6. The molecule has 0 aromatic carbocycles. The lowest BCUT2D eigenvalue weighted by Crippen LogP contribution is -2.37. The van der Waals surface area contributed by atoms with Crippen molar-refractivity contribution < 1.29 is 14.6 Å². The molecule has 0 amide bonds. The molecule has 0 spiro atoms. The van der Waals surface area contributed by atoms with Crippen LogP contribution < -0.4 is 5.32 Å². The van der Waals surface area contributed by atoms with Crippen molar-refractivity contribution in [1.29, 1.82) is 0 Å². The normalized spacial score (nSPS) is 16.5. The molecule has 0 unspecified atom stereocenters. The van der Waals surface area contributed by atoms with Crippen LogP contribution in [0.4, 0.5) is 5.95 Å². The maximum Gasteiger partial charge on any atom is 0.329 e. The molecule has 3 rings (SSSR count). The predicted octanol–water partition coefficient (Wildman–Crippen LogP) is 1.04. The van der Waals surface area contributed by atoms with Gasteiger partial charge in [0.1, 0.15) is 12.1 Å². The highest BCUT2D eigenvalue weighted by Gasteiger charge is 2.19. The first-order valence-corrected chi connectivity index (χ1v) is 8.19. The molecule has 1 aliphatic rings. The van der Waals surface area contributed by atoms with E-state index in [4.69, 9.17) is 9.84 Å². The number of hydrogen-bond acceptors (Lipinski definition) is 6. The minimum atomic E-state index is -0.965. The summed E-state index contributed by atoms with van der Waals surface area (Å²) < 4.78 is 7.13. The van der Waals surface area contributed by atoms with Gasteiger partial charge < -0.3 is 20.1 Å². The Balaban J connectivity index is 1.73. The smallest absolute Gasteiger partial charge is 0.329 e. The second-order valence-corrected chi connectivity index (χ2v) is 6.10. The van der Waals surface area contributed by atoms with Gasteiger partial charge in [0.05, 0.1) is 13.2 Å². The summed E-state index contributed by atoms with van der Waals surface area (Å²) in [6.07, 6.45) is 3.88. The fraction of sp³-hybridized carbons (Fsp3) is 0.562. The quantitative estimate of drug-likeness (QED) is 0.731. The van der Waals surface area contributed by atoms with E-state index in [1.165, 1.54) is 0 Å². The van der Waals surface area contributed by atoms with Crippen LogP contribution in [0.3, 0.4) is 0 Å². The van der Waals surface area contributed by atoms with E-state index in [-0.39, 0.29) is 6.61 Å². The number of nitrogens with zero attached hydrogens (tertiary/aromatic N) is 4. The van der Waals surface area contributed by atoms with Gasteiger partial charge in [0.2, 0.25) is 5.95 Å². The van der Waals surface area contributed by atoms with Crippen molar-refractivity contribution in [3.63, 3.8) is 0 Å². The number of carboxylic acids is 1. The number of fused-ring (bicyclic) bond motifs is 1. The Morgan fingerprint density at radius 2 is 2.25 bits per heavy atom. The van der Waals surface area contributed by atoms with Crippen LogP contribution in [0.15, 0.2) is 18.3 Å². The largest absolute Gasteiger partial charge is 0.480 e. The second kappa shape index (κ2) is 7.59. The molecule has 0 bridgehead atoms. The average Bonchev–Trinajstić information content (AvgIpc) is 2.91. The number of carboxylic acid groups (broad SMARTS) is 1. The summed E-state index contributed by atoms with van der Waals surface area (Å²) in [4.78, 5) is 21.9. The highest BCUT2D eigenvalue weighted by Crippen LogP contribution is 2.20. The molecule has 0 radical (unpaired) electrons. The van der Waals surface area contributed by atoms with E-state index in [1.54, 1.807) is 6.20 Å². The Labute approximate surface area is 140 Å². The number of pyridine rings is 1. The van der Waals surface area contributed by atoms with Gasteiger partial charge in [0.25, 0.3) is 0 Å². The molecule has 2 aromatic rings. The SMILES string of the molecule is CN1CCC(Nc2nc3cccnc3n2CCOCC(=O)O)CC1. The first-order valence-electron chi connectivity index (χ1n) is 8.19. The summed E-state index contributed by atoms with van der Waals surface area (Å²) in [7, 11) is 2.13. The van der Waals surface area contributed by atoms with E-state index in [0.717, 1.165) is 43.0 Å². The molecule has 8 heteroatoms. The van der Waals surface area contributed by atoms with E-state index < -0.39 is 5.97 Å². The van der Waals surface area contributed by atoms with E-state index >= 15 is 0 Å². The number of imidazole rings is 1. The van der Waals surface area contributed by atoms with Gasteiger partial charge in [-0.05, 0) is 45.1 Å². The molecule has 0 atom stereocenters. The Morgan fingerprint density at radius 3 is 3.00 bits per heavy atom. The van der Waals surface area contributed by atoms with Gasteiger partial charge in [-0.1, -0.05) is 0 Å². The highest BCUT2D eigenvalue weighted by molar-refractivity contribution is 5.74. The van der Waals surface area contributed by atoms with Crippen molar-refractivity contribution in [1.82, 2.24) is 19.4 Å². The number of aromatic nitrogens is 3. The molecule has 24 heavy (non-hydrogen) atoms. The van der Waals surface area contributed by atoms with E-state index in [0.29, 0.717) is 19.2 Å². The van der Waals surface area contributed by atoms with Crippen molar-refractivity contribution in [2.45, 2.75) is 25.4 Å². The molecule has 2 aromatic heterocycles. The number of ether oxygens (including phenoxy) is 1. The van der Waals surface area contributed by atoms with Crippen LogP contribution in [-0.2, 0) is 16.1 Å². The summed E-state index contributed by atoms with van der Waals surface area (Å²) in [6, 6.07) is 4.17. The molecule has 2 N–H and O–H groups in total. The van der Waals surface area contributed by atoms with Crippen LogP contribution in [0.5, 0.6) is 0 Å². The third-order valence-corrected chi connectivity index (χ3v) is 4.24. The third-order valence-electron chi connectivity index (χ3n) is 4.24. The maximum atomic E-state index is 10.6. The van der Waals surface area contributed by atoms with Gasteiger partial charge in [0.15, 0.2) is 5.65 Å². The van der Waals surface area contributed by atoms with E-state index in [2.05, 4.69) is 27.2 Å². The standard InChI is InChI=1S/C16H23N5O3/c1-20-7-4-12(5-8-20)18-16-19-13-3-2-6-17-15(13)21(16)9-10-24-11-14(22)23/h2-3,6,12H,4-5,7-11H2,1H3,(H,18,19)(H,22,23). The van der Waals surface area contributed by atoms with Crippen LogP contribution in [-0.4, -0.2) is 69.9 Å². The maximum absolute atomic E-state index is 10.6. The average molecular weight is 333 g/mol. The number of carbonyl (C=O) groups is 1. The molecule has 0 aliphatic carbocycles. The zero-order valence-electron chi connectivity index (χ0n) is 13.8. The second-order valence-electron chi connectivity index (χ2n) is 6.10. The van der Waals surface area contributed by atoms with Gasteiger partial charge in [-0.3, -0.25) is 4.57 Å². The zero-order valence-corrected chi connectivity index (χ0v) is 13.8. The third kappa shape index (κ3) is 4.01. The summed E-state index contributed by atoms with van der Waals surface area (Å²) >= 11 is 0. The molecule has 1 aliphatic heterocycles. The summed E-state index contributed by atoms with van der Waals surface area (Å²) in [5, 5.41) is 12.2. The van der Waals surface area contributed by atoms with Gasteiger partial charge in [-0.15, -0.1) is 0 Å². The number of hydrogen-bond donors (Lipinski definition) is 2. The van der Waals surface area contributed by atoms with Crippen LogP contribution in [0.2, 0.25) is 0 Å². The van der Waals surface area contributed by atoms with E-state index in [9.17, 15) is 4.79 Å². The Hall–Kier alpha value is -2.19. The Kier molecular flexibility index (Phi) is 5.27. The molecule has 1 saturated heterocycles. The van der Waals surface area contributed by atoms with Crippen molar-refractivity contribution in [3.8, 4) is 0 Å². The lowest BCUT2D eigenvalue weighted by Gasteiger charge is -2.29. The van der Waals surface area contributed by atoms with Crippen molar-refractivity contribution in [2.24, 2.45) is 0 Å². The minimum absolute atomic E-state index is 0.294. The van der Waals surface area contributed by atoms with Gasteiger partial charge in [-0.2, -0.15) is 0 Å². The number of anilines is 1. The molecule has 130 valence electrons. The molecule has 3 heterocycles. The lowest BCUT2D eigenvalue weighted by molar-refractivity contribution is -0.142. The monoisotopic (exact) mass is 333 g/mol. The Bertz CT molecular complexity index is 694. The van der Waals surface area contributed by atoms with Crippen molar-refractivity contribution >= 4 is 23.1 Å². The number of aliphatic carboxylic acids is 1. The number of likely N-dealkylation sites (tertiary alicyclic amines) is 1. The number of piperidine rings is 1. The zero-order chi connectivity index (χ0) is 16.9. The fourth-order valence-electron chi connectivity index (χ4n) is 2.93. The molecule has 8 nitrogen and oxygen atoms in total. The van der Waals surface area contributed by atoms with Crippen LogP contribution in [0.25, 0.3) is 11.2 Å². The van der Waals surface area contributed by atoms with E-state index in [1.807, 2.05) is 16.7 Å². The number of nitrogens with one attached hydrogen (secondary N) is 1. The number of rotatable bonds is 7. The molecule has 1 fully saturated rings. The van der Waals surface area contributed by atoms with Crippen LogP contribution in [0, 0.1) is 0 Å². The van der Waals surface area contributed by atoms with Crippen molar-refractivity contribution in [3.05, 3.63) is 18.3 Å². The highest BCUT2D eigenvalue weighted by atomic mass is 16.5. The fourth-order valence-corrected chi connectivity index (χ4v) is 2.93. The molecule has 0 saturated carbocycles. The van der Waals surface area contributed by atoms with Gasteiger partial charge in [-0.25, -0.2) is 14.8 Å². The Morgan fingerprint density at radius 1 is 1.46 bits per heavy atom. The van der Waals surface area contributed by atoms with Crippen LogP contribution >= 0.6 is 0 Å². The van der Waals surface area contributed by atoms with Gasteiger partial charge >= 0.3 is 5.97 Å². The lowest BCUT2D eigenvalue weighted by atomic mass is 10.1. The molecular formula is C16H23N5O3. The molecular weight excluding hydrogens is 310 g/mol. The summed E-state index contributed by atoms with van der Waals surface area (Å²) in [5.74, 6) is -0.189.